The number of para-hydroxylation sites is 2. The van der Waals surface area contributed by atoms with Crippen LogP contribution in [0.4, 0.5) is 11.4 Å². The number of hydrogen-bond acceptors (Lipinski definition) is 6. The summed E-state index contributed by atoms with van der Waals surface area (Å²) in [7, 11) is -3.56. The number of esters is 1. The number of sulfonamides is 1. The molecule has 3 rings (SSSR count). The fourth-order valence-corrected chi connectivity index (χ4v) is 3.88. The van der Waals surface area contributed by atoms with Crippen LogP contribution in [0.2, 0.25) is 0 Å². The van der Waals surface area contributed by atoms with Crippen LogP contribution in [-0.2, 0) is 19.6 Å². The monoisotopic (exact) mass is 431 g/mol. The zero-order valence-corrected chi connectivity index (χ0v) is 17.8. The minimum absolute atomic E-state index is 0.0523. The van der Waals surface area contributed by atoms with Crippen LogP contribution in [0.1, 0.15) is 17.3 Å². The molecule has 0 spiro atoms. The quantitative estimate of drug-likeness (QED) is 0.703. The van der Waals surface area contributed by atoms with Crippen molar-refractivity contribution in [3.63, 3.8) is 0 Å². The van der Waals surface area contributed by atoms with E-state index in [4.69, 9.17) is 4.74 Å². The molecule has 0 aromatic heterocycles. The normalized spacial score (nSPS) is 15.4. The summed E-state index contributed by atoms with van der Waals surface area (Å²) in [5, 5.41) is 0. The van der Waals surface area contributed by atoms with Crippen LogP contribution in [-0.4, -0.2) is 63.7 Å². The van der Waals surface area contributed by atoms with Gasteiger partial charge in [-0.1, -0.05) is 30.3 Å². The summed E-state index contributed by atoms with van der Waals surface area (Å²) >= 11 is 0. The zero-order chi connectivity index (χ0) is 21.7. The lowest BCUT2D eigenvalue weighted by atomic mass is 10.2. The van der Waals surface area contributed by atoms with Crippen molar-refractivity contribution in [2.75, 3.05) is 42.1 Å². The van der Waals surface area contributed by atoms with E-state index < -0.39 is 22.1 Å². The predicted molar refractivity (Wildman–Crippen MR) is 115 cm³/mol. The fraction of sp³-hybridized carbons (Fsp3) is 0.333. The van der Waals surface area contributed by atoms with Gasteiger partial charge in [-0.25, -0.2) is 13.2 Å². The van der Waals surface area contributed by atoms with Crippen molar-refractivity contribution in [1.82, 2.24) is 4.90 Å². The van der Waals surface area contributed by atoms with E-state index in [-0.39, 0.29) is 17.2 Å². The third kappa shape index (κ3) is 5.50. The maximum absolute atomic E-state index is 12.7. The maximum Gasteiger partial charge on any atom is 0.341 e. The Kier molecular flexibility index (Phi) is 6.61. The second-order valence-electron chi connectivity index (χ2n) is 7.12. The van der Waals surface area contributed by atoms with E-state index in [1.807, 2.05) is 30.3 Å². The van der Waals surface area contributed by atoms with E-state index in [9.17, 15) is 18.0 Å². The summed E-state index contributed by atoms with van der Waals surface area (Å²) in [4.78, 5) is 29.2. The molecular weight excluding hydrogens is 406 g/mol. The number of nitrogens with one attached hydrogen (secondary N) is 1. The Labute approximate surface area is 176 Å². The molecule has 2 aromatic rings. The van der Waals surface area contributed by atoms with Crippen LogP contribution >= 0.6 is 0 Å². The molecule has 0 bridgehead atoms. The molecule has 1 unspecified atom stereocenters. The number of amides is 1. The van der Waals surface area contributed by atoms with Gasteiger partial charge in [-0.2, -0.15) is 0 Å². The van der Waals surface area contributed by atoms with Gasteiger partial charge in [-0.05, 0) is 31.2 Å². The minimum atomic E-state index is -3.56. The van der Waals surface area contributed by atoms with Crippen molar-refractivity contribution in [2.45, 2.75) is 13.0 Å². The lowest BCUT2D eigenvalue weighted by Gasteiger charge is -2.37. The Hall–Kier alpha value is -3.07. The molecule has 160 valence electrons. The van der Waals surface area contributed by atoms with Crippen molar-refractivity contribution < 1.29 is 22.7 Å². The summed E-state index contributed by atoms with van der Waals surface area (Å²) < 4.78 is 30.7. The molecule has 30 heavy (non-hydrogen) atoms. The molecule has 1 aliphatic heterocycles. The molecule has 2 aromatic carbocycles. The SMILES string of the molecule is CC(OC(=O)c1ccccc1NS(C)(=O)=O)C(=O)N1CCN(c2ccccc2)CC1. The van der Waals surface area contributed by atoms with Crippen molar-refractivity contribution in [3.05, 3.63) is 60.2 Å². The summed E-state index contributed by atoms with van der Waals surface area (Å²) in [5.41, 5.74) is 1.27. The van der Waals surface area contributed by atoms with Crippen LogP contribution in [0.15, 0.2) is 54.6 Å². The lowest BCUT2D eigenvalue weighted by Crippen LogP contribution is -2.51. The van der Waals surface area contributed by atoms with Crippen molar-refractivity contribution >= 4 is 33.3 Å². The molecule has 1 atom stereocenters. The van der Waals surface area contributed by atoms with Gasteiger partial charge in [0.25, 0.3) is 5.91 Å². The number of piperazine rings is 1. The van der Waals surface area contributed by atoms with Gasteiger partial charge in [0.05, 0.1) is 17.5 Å². The Morgan fingerprint density at radius 2 is 1.57 bits per heavy atom. The van der Waals surface area contributed by atoms with Crippen LogP contribution in [0.5, 0.6) is 0 Å². The first-order valence-corrected chi connectivity index (χ1v) is 11.5. The van der Waals surface area contributed by atoms with E-state index in [1.165, 1.54) is 19.1 Å². The average Bonchev–Trinajstić information content (AvgIpc) is 2.73. The first-order chi connectivity index (χ1) is 14.2. The molecule has 1 heterocycles. The zero-order valence-electron chi connectivity index (χ0n) is 16.9. The number of carbonyl (C=O) groups is 2. The van der Waals surface area contributed by atoms with Gasteiger partial charge in [0, 0.05) is 31.9 Å². The molecule has 0 aliphatic carbocycles. The molecule has 8 nitrogen and oxygen atoms in total. The van der Waals surface area contributed by atoms with E-state index >= 15 is 0 Å². The Bertz CT molecular complexity index is 1000. The van der Waals surface area contributed by atoms with Crippen LogP contribution in [0.25, 0.3) is 0 Å². The number of anilines is 2. The first-order valence-electron chi connectivity index (χ1n) is 9.61. The van der Waals surface area contributed by atoms with Crippen LogP contribution in [0.3, 0.4) is 0 Å². The average molecular weight is 432 g/mol. The van der Waals surface area contributed by atoms with Crippen LogP contribution in [0, 0.1) is 0 Å². The Morgan fingerprint density at radius 1 is 0.967 bits per heavy atom. The minimum Gasteiger partial charge on any atom is -0.449 e. The van der Waals surface area contributed by atoms with Gasteiger partial charge in [0.2, 0.25) is 10.0 Å². The number of hydrogen-bond donors (Lipinski definition) is 1. The predicted octanol–water partition coefficient (Wildman–Crippen LogP) is 1.95. The summed E-state index contributed by atoms with van der Waals surface area (Å²) in [6.45, 7) is 3.97. The van der Waals surface area contributed by atoms with Crippen molar-refractivity contribution in [3.8, 4) is 0 Å². The second-order valence-corrected chi connectivity index (χ2v) is 8.86. The molecule has 0 radical (unpaired) electrons. The van der Waals surface area contributed by atoms with E-state index in [2.05, 4.69) is 9.62 Å². The second kappa shape index (κ2) is 9.17. The molecule has 1 amide bonds. The largest absolute Gasteiger partial charge is 0.449 e. The van der Waals surface area contributed by atoms with Gasteiger partial charge in [-0.15, -0.1) is 0 Å². The standard InChI is InChI=1S/C21H25N3O5S/c1-16(29-21(26)18-10-6-7-11-19(18)22-30(2,27)28)20(25)24-14-12-23(13-15-24)17-8-4-3-5-9-17/h3-11,16,22H,12-15H2,1-2H3. The number of carbonyl (C=O) groups excluding carboxylic acids is 2. The highest BCUT2D eigenvalue weighted by atomic mass is 32.2. The molecule has 1 fully saturated rings. The maximum atomic E-state index is 12.7. The van der Waals surface area contributed by atoms with Gasteiger partial charge < -0.3 is 14.5 Å². The Balaban J connectivity index is 1.59. The molecule has 1 saturated heterocycles. The highest BCUT2D eigenvalue weighted by Crippen LogP contribution is 2.19. The lowest BCUT2D eigenvalue weighted by molar-refractivity contribution is -0.140. The van der Waals surface area contributed by atoms with Crippen LogP contribution < -0.4 is 9.62 Å². The van der Waals surface area contributed by atoms with Crippen molar-refractivity contribution in [2.24, 2.45) is 0 Å². The number of benzene rings is 2. The molecule has 1 aliphatic rings. The van der Waals surface area contributed by atoms with E-state index in [0.717, 1.165) is 11.9 Å². The van der Waals surface area contributed by atoms with Gasteiger partial charge >= 0.3 is 5.97 Å². The highest BCUT2D eigenvalue weighted by molar-refractivity contribution is 7.92. The first kappa shape index (κ1) is 21.6. The third-order valence-electron chi connectivity index (χ3n) is 4.79. The summed E-state index contributed by atoms with van der Waals surface area (Å²) in [6, 6.07) is 16.1. The number of nitrogens with zero attached hydrogens (tertiary/aromatic N) is 2. The van der Waals surface area contributed by atoms with Crippen molar-refractivity contribution in [1.29, 1.82) is 0 Å². The molecule has 0 saturated carbocycles. The number of rotatable bonds is 6. The Morgan fingerprint density at radius 3 is 2.20 bits per heavy atom. The van der Waals surface area contributed by atoms with E-state index in [0.29, 0.717) is 26.2 Å². The molecule has 9 heteroatoms. The van der Waals surface area contributed by atoms with Gasteiger partial charge in [0.15, 0.2) is 6.10 Å². The highest BCUT2D eigenvalue weighted by Gasteiger charge is 2.28. The molecular formula is C21H25N3O5S. The third-order valence-corrected chi connectivity index (χ3v) is 5.38. The fourth-order valence-electron chi connectivity index (χ4n) is 3.31. The molecule has 1 N–H and O–H groups in total. The summed E-state index contributed by atoms with van der Waals surface area (Å²) in [5.74, 6) is -1.03. The smallest absolute Gasteiger partial charge is 0.341 e. The van der Waals surface area contributed by atoms with E-state index in [1.54, 1.807) is 17.0 Å². The van der Waals surface area contributed by atoms with Gasteiger partial charge in [0.1, 0.15) is 0 Å². The summed E-state index contributed by atoms with van der Waals surface area (Å²) in [6.07, 6.45) is 0.0168. The van der Waals surface area contributed by atoms with Gasteiger partial charge in [-0.3, -0.25) is 9.52 Å². The topological polar surface area (TPSA) is 96.0 Å². The number of ether oxygens (including phenoxy) is 1.